The van der Waals surface area contributed by atoms with Crippen LogP contribution in [-0.4, -0.2) is 161 Å². The summed E-state index contributed by atoms with van der Waals surface area (Å²) in [6, 6.07) is 2.49. The van der Waals surface area contributed by atoms with Crippen molar-refractivity contribution in [2.75, 3.05) is 78.0 Å². The number of piperidine rings is 1. The number of aryl methyl sites for hydroxylation is 1. The van der Waals surface area contributed by atoms with Gasteiger partial charge in [-0.25, -0.2) is 19.2 Å². The van der Waals surface area contributed by atoms with Crippen LogP contribution in [0.15, 0.2) is 29.8 Å². The first-order valence-electron chi connectivity index (χ1n) is 26.4. The molecule has 9 rings (SSSR count). The zero-order valence-electron chi connectivity index (χ0n) is 44.3. The normalized spacial score (nSPS) is 24.2. The summed E-state index contributed by atoms with van der Waals surface area (Å²) < 4.78 is 45.2. The van der Waals surface area contributed by atoms with Crippen LogP contribution in [0.3, 0.4) is 0 Å². The molecule has 3 aromatic heterocycles. The standard InChI is InChI=1S/C54H71ClF2N10O7S/c1-9-65-42-24-38(56)35-23-34(42)37(46(65)36-22-33(27-58-44(36)32(4)73-8)63-20-18-62(7)19-21-63)26-53(5,6)30-74-51(71)39-12-10-16-67(61-39)49(69)40(25-43-59-41(35)28-75-43)60-48(68)45(31(2)3)66-15-11-13-54(52(66)72)14-17-64(29-54)50(70)47(55)57/h22-24,27-28,31-32,39-40,45,47,61H,9-21,25-26,29-30H2,1-8H3,(H,60,68)/t32?,39?,40-,45-,47+,54+/m0/s1. The number of hydrogen-bond acceptors (Lipinski definition) is 13. The van der Waals surface area contributed by atoms with E-state index in [0.29, 0.717) is 61.3 Å². The van der Waals surface area contributed by atoms with Crippen LogP contribution >= 0.6 is 22.9 Å². The number of pyridine rings is 1. The average Bonchev–Trinajstić information content (AvgIpc) is 4.14. The van der Waals surface area contributed by atoms with E-state index >= 15 is 4.39 Å². The Morgan fingerprint density at radius 3 is 2.49 bits per heavy atom. The largest absolute Gasteiger partial charge is 0.464 e. The first-order valence-corrected chi connectivity index (χ1v) is 27.7. The number of carbonyl (C=O) groups excluding carboxylic acids is 5. The van der Waals surface area contributed by atoms with Gasteiger partial charge in [0.1, 0.15) is 23.9 Å². The van der Waals surface area contributed by atoms with Crippen LogP contribution in [0, 0.1) is 22.6 Å². The molecule has 6 atom stereocenters. The Hall–Kier alpha value is -5.28. The smallest absolute Gasteiger partial charge is 0.324 e. The number of esters is 1. The fourth-order valence-corrected chi connectivity index (χ4v) is 12.9. The molecule has 75 heavy (non-hydrogen) atoms. The second-order valence-corrected chi connectivity index (χ2v) is 23.6. The number of ether oxygens (including phenoxy) is 2. The van der Waals surface area contributed by atoms with Crippen LogP contribution in [0.5, 0.6) is 0 Å². The molecule has 6 bridgehead atoms. The lowest BCUT2D eigenvalue weighted by Gasteiger charge is -2.44. The molecule has 2 N–H and O–H groups in total. The Morgan fingerprint density at radius 1 is 1.03 bits per heavy atom. The zero-order chi connectivity index (χ0) is 53.7. The Labute approximate surface area is 446 Å². The van der Waals surface area contributed by atoms with Crippen LogP contribution in [0.1, 0.15) is 96.0 Å². The molecule has 8 heterocycles. The summed E-state index contributed by atoms with van der Waals surface area (Å²) in [5.41, 5.74) is 4.95. The van der Waals surface area contributed by atoms with Gasteiger partial charge in [0.05, 0.1) is 57.6 Å². The van der Waals surface area contributed by atoms with E-state index in [-0.39, 0.29) is 56.8 Å². The lowest BCUT2D eigenvalue weighted by Crippen LogP contribution is -2.63. The quantitative estimate of drug-likeness (QED) is 0.131. The van der Waals surface area contributed by atoms with Crippen molar-refractivity contribution >= 4 is 69.1 Å². The van der Waals surface area contributed by atoms with Crippen LogP contribution in [0.4, 0.5) is 14.5 Å². The van der Waals surface area contributed by atoms with Crippen molar-refractivity contribution in [3.05, 3.63) is 51.9 Å². The van der Waals surface area contributed by atoms with E-state index in [9.17, 15) is 28.4 Å². The second kappa shape index (κ2) is 22.0. The van der Waals surface area contributed by atoms with Crippen LogP contribution in [0.2, 0.25) is 0 Å². The third-order valence-corrected chi connectivity index (χ3v) is 17.1. The number of cyclic esters (lactones) is 1. The highest BCUT2D eigenvalue weighted by Crippen LogP contribution is 2.45. The number of methoxy groups -OCH3 is 1. The molecule has 4 saturated heterocycles. The van der Waals surface area contributed by atoms with E-state index in [2.05, 4.69) is 38.2 Å². The number of rotatable bonds is 10. The lowest BCUT2D eigenvalue weighted by atomic mass is 9.77. The molecule has 0 aliphatic carbocycles. The van der Waals surface area contributed by atoms with E-state index in [0.717, 1.165) is 59.8 Å². The summed E-state index contributed by atoms with van der Waals surface area (Å²) in [5, 5.41) is 7.37. The van der Waals surface area contributed by atoms with Gasteiger partial charge < -0.3 is 39.0 Å². The molecular weight excluding hydrogens is 1010 g/mol. The van der Waals surface area contributed by atoms with Crippen molar-refractivity contribution in [3.63, 3.8) is 0 Å². The van der Waals surface area contributed by atoms with Gasteiger partial charge in [0, 0.05) is 99.7 Å². The number of thiazole rings is 1. The summed E-state index contributed by atoms with van der Waals surface area (Å²) in [5.74, 6) is -3.70. The molecule has 17 nitrogen and oxygen atoms in total. The van der Waals surface area contributed by atoms with Gasteiger partial charge in [0.25, 0.3) is 17.4 Å². The maximum absolute atomic E-state index is 17.0. The van der Waals surface area contributed by atoms with Crippen molar-refractivity contribution in [2.24, 2.45) is 16.7 Å². The maximum atomic E-state index is 17.0. The van der Waals surface area contributed by atoms with Crippen LogP contribution in [0.25, 0.3) is 33.4 Å². The van der Waals surface area contributed by atoms with Crippen molar-refractivity contribution in [1.29, 1.82) is 0 Å². The van der Waals surface area contributed by atoms with E-state index in [4.69, 9.17) is 31.0 Å². The van der Waals surface area contributed by atoms with Gasteiger partial charge in [0.15, 0.2) is 0 Å². The first kappa shape index (κ1) is 54.5. The fraction of sp³-hybridized carbons (Fsp3) is 0.611. The van der Waals surface area contributed by atoms with E-state index in [1.807, 2.05) is 53.8 Å². The number of amides is 4. The summed E-state index contributed by atoms with van der Waals surface area (Å²) in [7, 11) is 3.78. The van der Waals surface area contributed by atoms with Gasteiger partial charge in [-0.05, 0) is 89.1 Å². The van der Waals surface area contributed by atoms with Gasteiger partial charge in [-0.2, -0.15) is 0 Å². The van der Waals surface area contributed by atoms with Crippen LogP contribution < -0.4 is 15.6 Å². The Kier molecular flexibility index (Phi) is 16.0. The highest BCUT2D eigenvalue weighted by atomic mass is 35.5. The molecule has 4 amide bonds. The Balaban J connectivity index is 1.11. The van der Waals surface area contributed by atoms with Crippen molar-refractivity contribution in [2.45, 2.75) is 123 Å². The highest BCUT2D eigenvalue weighted by molar-refractivity contribution is 7.10. The van der Waals surface area contributed by atoms with Crippen molar-refractivity contribution < 1.29 is 42.2 Å². The number of halogens is 3. The summed E-state index contributed by atoms with van der Waals surface area (Å²) in [6.07, 6.45) is 4.07. The van der Waals surface area contributed by atoms with E-state index in [1.165, 1.54) is 26.1 Å². The third-order valence-electron chi connectivity index (χ3n) is 16.0. The molecule has 21 heteroatoms. The van der Waals surface area contributed by atoms with E-state index < -0.39 is 70.0 Å². The fourth-order valence-electron chi connectivity index (χ4n) is 11.9. The molecule has 4 aromatic rings. The molecule has 1 spiro atoms. The number of likely N-dealkylation sites (tertiary alicyclic amines) is 2. The van der Waals surface area contributed by atoms with Gasteiger partial charge >= 0.3 is 5.97 Å². The molecule has 1 aromatic carbocycles. The molecule has 0 saturated carbocycles. The number of carbonyl (C=O) groups is 5. The van der Waals surface area contributed by atoms with Crippen LogP contribution in [-0.2, 0) is 52.8 Å². The Morgan fingerprint density at radius 2 is 1.79 bits per heavy atom. The molecule has 5 aliphatic rings. The number of aromatic nitrogens is 3. The number of nitrogens with one attached hydrogen (secondary N) is 2. The van der Waals surface area contributed by atoms with Gasteiger partial charge in [0.2, 0.25) is 11.8 Å². The number of hydrazine groups is 1. The van der Waals surface area contributed by atoms with Gasteiger partial charge in [-0.15, -0.1) is 11.3 Å². The number of anilines is 1. The highest BCUT2D eigenvalue weighted by Gasteiger charge is 2.52. The SMILES string of the molecule is CCn1c(-c2cc(N3CCN(C)CC3)cnc2C(C)OC)c2c3cc(c(F)cc31)-c1csc(n1)C[C@H](NC(=O)[C@H](C(C)C)N1CCC[C@]3(CCN(C(=O)[C@@H](F)Cl)C3)C1=O)C(=O)N1CCCC(N1)C(=O)OCC(C)(C)C2. The third kappa shape index (κ3) is 10.9. The summed E-state index contributed by atoms with van der Waals surface area (Å²) >= 11 is 6.76. The number of nitrogens with zero attached hydrogens (tertiary/aromatic N) is 8. The van der Waals surface area contributed by atoms with Gasteiger partial charge in [-0.1, -0.05) is 39.3 Å². The minimum Gasteiger partial charge on any atom is -0.464 e. The molecule has 5 aliphatic heterocycles. The van der Waals surface area contributed by atoms with Gasteiger partial charge in [-0.3, -0.25) is 34.0 Å². The number of piperazine rings is 1. The topological polar surface area (TPSA) is 175 Å². The molecular formula is C54H71ClF2N10O7S. The number of likely N-dealkylation sites (N-methyl/N-ethyl adjacent to an activating group) is 1. The molecule has 0 radical (unpaired) electrons. The second-order valence-electron chi connectivity index (χ2n) is 22.3. The number of fused-ring (bicyclic) bond motifs is 6. The zero-order valence-corrected chi connectivity index (χ0v) is 45.9. The average molecular weight is 1080 g/mol. The lowest BCUT2D eigenvalue weighted by molar-refractivity contribution is -0.156. The maximum Gasteiger partial charge on any atom is 0.324 e. The molecule has 4 fully saturated rings. The predicted octanol–water partition coefficient (Wildman–Crippen LogP) is 6.49. The first-order chi connectivity index (χ1) is 35.7. The Bertz CT molecular complexity index is 2830. The minimum atomic E-state index is -2.23. The van der Waals surface area contributed by atoms with Crippen molar-refractivity contribution in [3.8, 4) is 22.5 Å². The van der Waals surface area contributed by atoms with E-state index in [1.54, 1.807) is 18.6 Å². The predicted molar refractivity (Wildman–Crippen MR) is 283 cm³/mol. The minimum absolute atomic E-state index is 0.00643. The number of alkyl halides is 2. The number of benzene rings is 1. The number of hydrogen-bond donors (Lipinski definition) is 2. The summed E-state index contributed by atoms with van der Waals surface area (Å²) in [6.45, 7) is 16.4. The molecule has 406 valence electrons. The summed E-state index contributed by atoms with van der Waals surface area (Å²) in [4.78, 5) is 88.3. The molecule has 2 unspecified atom stereocenters. The monoisotopic (exact) mass is 1080 g/mol. The van der Waals surface area contributed by atoms with Crippen molar-refractivity contribution in [1.82, 2.24) is 45.0 Å².